The Kier molecular flexibility index (Phi) is 5.59. The van der Waals surface area contributed by atoms with Crippen LogP contribution in [0.5, 0.6) is 5.75 Å². The van der Waals surface area contributed by atoms with E-state index < -0.39 is 5.92 Å². The Hall–Kier alpha value is -3.21. The molecule has 0 saturated heterocycles. The summed E-state index contributed by atoms with van der Waals surface area (Å²) in [5.74, 6) is -0.350. The molecule has 4 nitrogen and oxygen atoms in total. The van der Waals surface area contributed by atoms with Gasteiger partial charge in [-0.25, -0.2) is 4.39 Å². The van der Waals surface area contributed by atoms with Gasteiger partial charge in [-0.2, -0.15) is 0 Å². The van der Waals surface area contributed by atoms with E-state index in [1.165, 1.54) is 12.1 Å². The van der Waals surface area contributed by atoms with E-state index in [1.807, 2.05) is 18.2 Å². The van der Waals surface area contributed by atoms with Crippen molar-refractivity contribution in [2.75, 3.05) is 12.4 Å². The molecule has 0 aliphatic carbocycles. The summed E-state index contributed by atoms with van der Waals surface area (Å²) in [7, 11) is 1.57. The largest absolute Gasteiger partial charge is 0.497 e. The standard InChI is InChI=1S/C21H19FN2O2/c1-26-19-7-4-6-18(13-19)24-21(25)20(14-17-5-2-3-12-23-17)15-8-10-16(22)11-9-15/h2-13,20H,14H2,1H3,(H,24,25). The molecule has 1 N–H and O–H groups in total. The average Bonchev–Trinajstić information content (AvgIpc) is 2.68. The second kappa shape index (κ2) is 8.25. The Balaban J connectivity index is 1.86. The molecule has 1 heterocycles. The number of pyridine rings is 1. The number of nitrogens with zero attached hydrogens (tertiary/aromatic N) is 1. The number of benzene rings is 2. The maximum atomic E-state index is 13.3. The van der Waals surface area contributed by atoms with Crippen LogP contribution in [0.4, 0.5) is 10.1 Å². The van der Waals surface area contributed by atoms with Crippen LogP contribution in [0, 0.1) is 5.82 Å². The zero-order valence-electron chi connectivity index (χ0n) is 14.4. The summed E-state index contributed by atoms with van der Waals surface area (Å²) in [4.78, 5) is 17.2. The van der Waals surface area contributed by atoms with E-state index in [-0.39, 0.29) is 11.7 Å². The highest BCUT2D eigenvalue weighted by Gasteiger charge is 2.22. The number of hydrogen-bond acceptors (Lipinski definition) is 3. The summed E-state index contributed by atoms with van der Waals surface area (Å²) in [6, 6.07) is 18.7. The van der Waals surface area contributed by atoms with E-state index in [2.05, 4.69) is 10.3 Å². The van der Waals surface area contributed by atoms with Crippen LogP contribution in [0.1, 0.15) is 17.2 Å². The predicted molar refractivity (Wildman–Crippen MR) is 98.7 cm³/mol. The lowest BCUT2D eigenvalue weighted by molar-refractivity contribution is -0.117. The molecule has 0 radical (unpaired) electrons. The van der Waals surface area contributed by atoms with Crippen molar-refractivity contribution in [2.24, 2.45) is 0 Å². The van der Waals surface area contributed by atoms with E-state index in [1.54, 1.807) is 49.7 Å². The molecule has 3 aromatic rings. The number of carbonyl (C=O) groups is 1. The van der Waals surface area contributed by atoms with Gasteiger partial charge < -0.3 is 10.1 Å². The maximum absolute atomic E-state index is 13.3. The number of carbonyl (C=O) groups excluding carboxylic acids is 1. The van der Waals surface area contributed by atoms with Crippen molar-refractivity contribution < 1.29 is 13.9 Å². The zero-order valence-corrected chi connectivity index (χ0v) is 14.4. The molecular formula is C21H19FN2O2. The van der Waals surface area contributed by atoms with Gasteiger partial charge in [-0.15, -0.1) is 0 Å². The van der Waals surface area contributed by atoms with Crippen LogP contribution in [-0.4, -0.2) is 18.0 Å². The molecule has 0 spiro atoms. The molecule has 2 aromatic carbocycles. The number of amides is 1. The molecule has 1 unspecified atom stereocenters. The van der Waals surface area contributed by atoms with Crippen LogP contribution in [0.15, 0.2) is 72.9 Å². The molecular weight excluding hydrogens is 331 g/mol. The third kappa shape index (κ3) is 4.45. The molecule has 1 aromatic heterocycles. The molecule has 1 atom stereocenters. The van der Waals surface area contributed by atoms with Crippen LogP contribution in [0.3, 0.4) is 0 Å². The van der Waals surface area contributed by atoms with E-state index in [0.29, 0.717) is 17.9 Å². The Morgan fingerprint density at radius 2 is 1.92 bits per heavy atom. The minimum Gasteiger partial charge on any atom is -0.497 e. The fourth-order valence-corrected chi connectivity index (χ4v) is 2.72. The predicted octanol–water partition coefficient (Wildman–Crippen LogP) is 4.19. The molecule has 5 heteroatoms. The maximum Gasteiger partial charge on any atom is 0.232 e. The molecule has 0 bridgehead atoms. The quantitative estimate of drug-likeness (QED) is 0.725. The van der Waals surface area contributed by atoms with Crippen molar-refractivity contribution >= 4 is 11.6 Å². The number of aromatic nitrogens is 1. The molecule has 3 rings (SSSR count). The summed E-state index contributed by atoms with van der Waals surface area (Å²) in [5, 5.41) is 2.91. The first-order valence-corrected chi connectivity index (χ1v) is 8.26. The summed E-state index contributed by atoms with van der Waals surface area (Å²) < 4.78 is 18.5. The lowest BCUT2D eigenvalue weighted by Gasteiger charge is -2.17. The molecule has 1 amide bonds. The van der Waals surface area contributed by atoms with Gasteiger partial charge >= 0.3 is 0 Å². The van der Waals surface area contributed by atoms with Gasteiger partial charge in [0.05, 0.1) is 13.0 Å². The van der Waals surface area contributed by atoms with E-state index in [0.717, 1.165) is 11.3 Å². The Bertz CT molecular complexity index is 867. The third-order valence-electron chi connectivity index (χ3n) is 4.07. The Morgan fingerprint density at radius 3 is 2.62 bits per heavy atom. The van der Waals surface area contributed by atoms with Gasteiger partial charge in [-0.1, -0.05) is 24.3 Å². The highest BCUT2D eigenvalue weighted by Crippen LogP contribution is 2.24. The zero-order chi connectivity index (χ0) is 18.4. The third-order valence-corrected chi connectivity index (χ3v) is 4.07. The van der Waals surface area contributed by atoms with Crippen LogP contribution in [0.25, 0.3) is 0 Å². The summed E-state index contributed by atoms with van der Waals surface area (Å²) >= 11 is 0. The first-order valence-electron chi connectivity index (χ1n) is 8.26. The fourth-order valence-electron chi connectivity index (χ4n) is 2.72. The van der Waals surface area contributed by atoms with Crippen molar-refractivity contribution in [1.82, 2.24) is 4.98 Å². The van der Waals surface area contributed by atoms with Gasteiger partial charge in [0.25, 0.3) is 0 Å². The van der Waals surface area contributed by atoms with Crippen molar-refractivity contribution in [3.05, 3.63) is 90.0 Å². The van der Waals surface area contributed by atoms with Gasteiger partial charge in [0, 0.05) is 30.1 Å². The minimum atomic E-state index is -0.489. The second-order valence-electron chi connectivity index (χ2n) is 5.85. The van der Waals surface area contributed by atoms with Gasteiger partial charge in [0.2, 0.25) is 5.91 Å². The number of hydrogen-bond donors (Lipinski definition) is 1. The SMILES string of the molecule is COc1cccc(NC(=O)C(Cc2ccccn2)c2ccc(F)cc2)c1. The molecule has 26 heavy (non-hydrogen) atoms. The van der Waals surface area contributed by atoms with Gasteiger partial charge in [-0.3, -0.25) is 9.78 Å². The first-order chi connectivity index (χ1) is 12.7. The smallest absolute Gasteiger partial charge is 0.232 e. The molecule has 0 saturated carbocycles. The lowest BCUT2D eigenvalue weighted by atomic mass is 9.93. The van der Waals surface area contributed by atoms with Crippen LogP contribution in [0.2, 0.25) is 0 Å². The van der Waals surface area contributed by atoms with Crippen molar-refractivity contribution in [3.8, 4) is 5.75 Å². The summed E-state index contributed by atoms with van der Waals surface area (Å²) in [5.41, 5.74) is 2.17. The molecule has 0 fully saturated rings. The number of halogens is 1. The van der Waals surface area contributed by atoms with Crippen molar-refractivity contribution in [2.45, 2.75) is 12.3 Å². The molecule has 132 valence electrons. The van der Waals surface area contributed by atoms with Crippen LogP contribution in [-0.2, 0) is 11.2 Å². The van der Waals surface area contributed by atoms with E-state index in [4.69, 9.17) is 4.74 Å². The van der Waals surface area contributed by atoms with Crippen molar-refractivity contribution in [3.63, 3.8) is 0 Å². The number of anilines is 1. The Labute approximate surface area is 151 Å². The summed E-state index contributed by atoms with van der Waals surface area (Å²) in [6.45, 7) is 0. The normalized spacial score (nSPS) is 11.6. The minimum absolute atomic E-state index is 0.185. The van der Waals surface area contributed by atoms with E-state index in [9.17, 15) is 9.18 Å². The van der Waals surface area contributed by atoms with Gasteiger partial charge in [0.15, 0.2) is 0 Å². The van der Waals surface area contributed by atoms with E-state index >= 15 is 0 Å². The number of methoxy groups -OCH3 is 1. The van der Waals surface area contributed by atoms with Gasteiger partial charge in [0.1, 0.15) is 11.6 Å². The topological polar surface area (TPSA) is 51.2 Å². The first kappa shape index (κ1) is 17.6. The second-order valence-corrected chi connectivity index (χ2v) is 5.85. The highest BCUT2D eigenvalue weighted by atomic mass is 19.1. The van der Waals surface area contributed by atoms with Crippen molar-refractivity contribution in [1.29, 1.82) is 0 Å². The Morgan fingerprint density at radius 1 is 1.12 bits per heavy atom. The summed E-state index contributed by atoms with van der Waals surface area (Å²) in [6.07, 6.45) is 2.11. The highest BCUT2D eigenvalue weighted by molar-refractivity contribution is 5.96. The molecule has 0 aliphatic rings. The fraction of sp³-hybridized carbons (Fsp3) is 0.143. The van der Waals surface area contributed by atoms with Gasteiger partial charge in [-0.05, 0) is 42.0 Å². The number of ether oxygens (including phenoxy) is 1. The van der Waals surface area contributed by atoms with Crippen LogP contribution >= 0.6 is 0 Å². The lowest BCUT2D eigenvalue weighted by Crippen LogP contribution is -2.23. The number of rotatable bonds is 6. The average molecular weight is 350 g/mol. The molecule has 0 aliphatic heterocycles. The monoisotopic (exact) mass is 350 g/mol. The van der Waals surface area contributed by atoms with Crippen LogP contribution < -0.4 is 10.1 Å². The number of nitrogens with one attached hydrogen (secondary N) is 1.